The van der Waals surface area contributed by atoms with E-state index in [-0.39, 0.29) is 11.5 Å². The molecule has 1 saturated heterocycles. The standard InChI is InChI=1S/C13H16FN3O3/c1-9(13(19)20)16-2-4-17(5-3-16)12(18)10-6-11(14)8-15-7-10/h6-9H,2-5H2,1H3,(H,19,20). The summed E-state index contributed by atoms with van der Waals surface area (Å²) in [7, 11) is 0. The largest absolute Gasteiger partial charge is 0.480 e. The fourth-order valence-corrected chi connectivity index (χ4v) is 2.18. The van der Waals surface area contributed by atoms with Gasteiger partial charge in [-0.2, -0.15) is 0 Å². The number of hydrogen-bond donors (Lipinski definition) is 1. The number of hydrogen-bond acceptors (Lipinski definition) is 4. The minimum absolute atomic E-state index is 0.213. The van der Waals surface area contributed by atoms with E-state index in [1.165, 1.54) is 6.20 Å². The second-order valence-corrected chi connectivity index (χ2v) is 4.73. The van der Waals surface area contributed by atoms with Gasteiger partial charge in [-0.3, -0.25) is 19.5 Å². The Morgan fingerprint density at radius 1 is 1.30 bits per heavy atom. The van der Waals surface area contributed by atoms with Crippen LogP contribution in [-0.2, 0) is 4.79 Å². The van der Waals surface area contributed by atoms with Gasteiger partial charge in [0.05, 0.1) is 11.8 Å². The number of aromatic nitrogens is 1. The van der Waals surface area contributed by atoms with E-state index in [4.69, 9.17) is 5.11 Å². The fourth-order valence-electron chi connectivity index (χ4n) is 2.18. The smallest absolute Gasteiger partial charge is 0.320 e. The summed E-state index contributed by atoms with van der Waals surface area (Å²) in [6.07, 6.45) is 2.38. The lowest BCUT2D eigenvalue weighted by Gasteiger charge is -2.36. The van der Waals surface area contributed by atoms with Crippen LogP contribution in [0.25, 0.3) is 0 Å². The first-order valence-electron chi connectivity index (χ1n) is 6.35. The number of carboxylic acid groups (broad SMARTS) is 1. The van der Waals surface area contributed by atoms with E-state index < -0.39 is 17.8 Å². The van der Waals surface area contributed by atoms with Crippen molar-refractivity contribution in [3.05, 3.63) is 29.8 Å². The van der Waals surface area contributed by atoms with Crippen molar-refractivity contribution in [1.82, 2.24) is 14.8 Å². The monoisotopic (exact) mass is 281 g/mol. The summed E-state index contributed by atoms with van der Waals surface area (Å²) >= 11 is 0. The Bertz CT molecular complexity index is 515. The number of aliphatic carboxylic acids is 1. The van der Waals surface area contributed by atoms with Gasteiger partial charge in [-0.25, -0.2) is 4.39 Å². The molecule has 2 heterocycles. The van der Waals surface area contributed by atoms with Crippen LogP contribution in [0.5, 0.6) is 0 Å². The maximum atomic E-state index is 13.0. The number of amides is 1. The highest BCUT2D eigenvalue weighted by Crippen LogP contribution is 2.11. The van der Waals surface area contributed by atoms with Crippen molar-refractivity contribution in [3.8, 4) is 0 Å². The average Bonchev–Trinajstić information content (AvgIpc) is 2.46. The van der Waals surface area contributed by atoms with E-state index in [1.807, 2.05) is 0 Å². The molecule has 1 aromatic rings. The number of rotatable bonds is 3. The number of carboxylic acids is 1. The molecule has 0 radical (unpaired) electrons. The Kier molecular flexibility index (Phi) is 4.29. The van der Waals surface area contributed by atoms with Crippen LogP contribution < -0.4 is 0 Å². The van der Waals surface area contributed by atoms with Gasteiger partial charge in [0.1, 0.15) is 11.9 Å². The molecule has 20 heavy (non-hydrogen) atoms. The highest BCUT2D eigenvalue weighted by atomic mass is 19.1. The van der Waals surface area contributed by atoms with Crippen molar-refractivity contribution in [2.24, 2.45) is 0 Å². The summed E-state index contributed by atoms with van der Waals surface area (Å²) in [6.45, 7) is 3.44. The van der Waals surface area contributed by atoms with E-state index in [0.29, 0.717) is 26.2 Å². The molecule has 1 aliphatic heterocycles. The van der Waals surface area contributed by atoms with Crippen molar-refractivity contribution in [1.29, 1.82) is 0 Å². The maximum Gasteiger partial charge on any atom is 0.320 e. The summed E-state index contributed by atoms with van der Waals surface area (Å²) in [5.74, 6) is -1.70. The highest BCUT2D eigenvalue weighted by molar-refractivity contribution is 5.94. The fraction of sp³-hybridized carbons (Fsp3) is 0.462. The van der Waals surface area contributed by atoms with Crippen molar-refractivity contribution in [2.75, 3.05) is 26.2 Å². The lowest BCUT2D eigenvalue weighted by Crippen LogP contribution is -2.53. The van der Waals surface area contributed by atoms with E-state index in [9.17, 15) is 14.0 Å². The first-order valence-corrected chi connectivity index (χ1v) is 6.35. The Balaban J connectivity index is 1.97. The zero-order valence-corrected chi connectivity index (χ0v) is 11.1. The summed E-state index contributed by atoms with van der Waals surface area (Å²) in [6, 6.07) is 0.588. The molecule has 108 valence electrons. The van der Waals surface area contributed by atoms with Crippen molar-refractivity contribution < 1.29 is 19.1 Å². The van der Waals surface area contributed by atoms with Gasteiger partial charge in [-0.05, 0) is 13.0 Å². The van der Waals surface area contributed by atoms with Crippen LogP contribution >= 0.6 is 0 Å². The lowest BCUT2D eigenvalue weighted by atomic mass is 10.2. The third-order valence-electron chi connectivity index (χ3n) is 3.46. The van der Waals surface area contributed by atoms with Gasteiger partial charge in [0.2, 0.25) is 0 Å². The lowest BCUT2D eigenvalue weighted by molar-refractivity contribution is -0.143. The zero-order valence-electron chi connectivity index (χ0n) is 11.1. The molecular formula is C13H16FN3O3. The molecule has 1 aromatic heterocycles. The van der Waals surface area contributed by atoms with Gasteiger partial charge < -0.3 is 10.0 Å². The topological polar surface area (TPSA) is 73.7 Å². The number of halogens is 1. The Morgan fingerprint density at radius 3 is 2.50 bits per heavy atom. The SMILES string of the molecule is CC(C(=O)O)N1CCN(C(=O)c2cncc(F)c2)CC1. The first kappa shape index (κ1) is 14.4. The normalized spacial score (nSPS) is 17.8. The second kappa shape index (κ2) is 5.96. The Morgan fingerprint density at radius 2 is 1.95 bits per heavy atom. The molecule has 1 aliphatic rings. The molecule has 1 fully saturated rings. The van der Waals surface area contributed by atoms with Gasteiger partial charge in [0, 0.05) is 32.4 Å². The van der Waals surface area contributed by atoms with Crippen LogP contribution in [0.2, 0.25) is 0 Å². The molecular weight excluding hydrogens is 265 g/mol. The summed E-state index contributed by atoms with van der Waals surface area (Å²) in [5, 5.41) is 8.95. The molecule has 7 heteroatoms. The van der Waals surface area contributed by atoms with E-state index in [2.05, 4.69) is 4.98 Å². The van der Waals surface area contributed by atoms with Crippen LogP contribution in [0.1, 0.15) is 17.3 Å². The molecule has 0 spiro atoms. The van der Waals surface area contributed by atoms with E-state index in [1.54, 1.807) is 16.7 Å². The number of carbonyl (C=O) groups excluding carboxylic acids is 1. The van der Waals surface area contributed by atoms with Crippen LogP contribution in [0.4, 0.5) is 4.39 Å². The Labute approximate surface area is 115 Å². The first-order chi connectivity index (χ1) is 9.49. The Hall–Kier alpha value is -2.02. The summed E-state index contributed by atoms with van der Waals surface area (Å²) in [5.41, 5.74) is 0.213. The molecule has 0 aromatic carbocycles. The van der Waals surface area contributed by atoms with Gasteiger partial charge >= 0.3 is 5.97 Å². The molecule has 1 unspecified atom stereocenters. The van der Waals surface area contributed by atoms with Crippen molar-refractivity contribution in [2.45, 2.75) is 13.0 Å². The minimum Gasteiger partial charge on any atom is -0.480 e. The van der Waals surface area contributed by atoms with Crippen LogP contribution in [0.3, 0.4) is 0 Å². The minimum atomic E-state index is -0.876. The molecule has 1 N–H and O–H groups in total. The number of nitrogens with zero attached hydrogens (tertiary/aromatic N) is 3. The van der Waals surface area contributed by atoms with E-state index in [0.717, 1.165) is 12.3 Å². The molecule has 0 aliphatic carbocycles. The second-order valence-electron chi connectivity index (χ2n) is 4.73. The third-order valence-corrected chi connectivity index (χ3v) is 3.46. The predicted octanol–water partition coefficient (Wildman–Crippen LogP) is 0.452. The highest BCUT2D eigenvalue weighted by Gasteiger charge is 2.27. The van der Waals surface area contributed by atoms with Gasteiger partial charge in [-0.1, -0.05) is 0 Å². The summed E-state index contributed by atoms with van der Waals surface area (Å²) < 4.78 is 13.0. The number of pyridine rings is 1. The van der Waals surface area contributed by atoms with Crippen LogP contribution in [0, 0.1) is 5.82 Å². The van der Waals surface area contributed by atoms with Crippen LogP contribution in [-0.4, -0.2) is 64.0 Å². The van der Waals surface area contributed by atoms with Gasteiger partial charge in [0.25, 0.3) is 5.91 Å². The van der Waals surface area contributed by atoms with Crippen LogP contribution in [0.15, 0.2) is 18.5 Å². The molecule has 2 rings (SSSR count). The molecule has 1 amide bonds. The molecule has 0 bridgehead atoms. The van der Waals surface area contributed by atoms with Crippen molar-refractivity contribution in [3.63, 3.8) is 0 Å². The summed E-state index contributed by atoms with van der Waals surface area (Å²) in [4.78, 5) is 30.1. The molecule has 0 saturated carbocycles. The van der Waals surface area contributed by atoms with E-state index >= 15 is 0 Å². The quantitative estimate of drug-likeness (QED) is 0.871. The average molecular weight is 281 g/mol. The van der Waals surface area contributed by atoms with Crippen molar-refractivity contribution >= 4 is 11.9 Å². The van der Waals surface area contributed by atoms with Gasteiger partial charge in [0.15, 0.2) is 0 Å². The maximum absolute atomic E-state index is 13.0. The number of carbonyl (C=O) groups is 2. The third kappa shape index (κ3) is 3.11. The molecule has 1 atom stereocenters. The molecule has 6 nitrogen and oxygen atoms in total. The predicted molar refractivity (Wildman–Crippen MR) is 68.8 cm³/mol. The van der Waals surface area contributed by atoms with Gasteiger partial charge in [-0.15, -0.1) is 0 Å². The zero-order chi connectivity index (χ0) is 14.7. The number of piperazine rings is 1.